The van der Waals surface area contributed by atoms with Gasteiger partial charge < -0.3 is 4.57 Å². The summed E-state index contributed by atoms with van der Waals surface area (Å²) in [4.78, 5) is 11.3. The van der Waals surface area contributed by atoms with E-state index < -0.39 is 0 Å². The van der Waals surface area contributed by atoms with Crippen LogP contribution in [0.1, 0.15) is 0 Å². The van der Waals surface area contributed by atoms with Gasteiger partial charge >= 0.3 is 0 Å². The Balaban J connectivity index is 0.000000980. The molecule has 0 atom stereocenters. The molecule has 1 aromatic carbocycles. The fourth-order valence-electron chi connectivity index (χ4n) is 1.31. The van der Waals surface area contributed by atoms with Crippen LogP contribution < -0.4 is 5.56 Å². The Kier molecular flexibility index (Phi) is 3.88. The van der Waals surface area contributed by atoms with Crippen LogP contribution in [0.4, 0.5) is 0 Å². The first-order valence-corrected chi connectivity index (χ1v) is 4.24. The van der Waals surface area contributed by atoms with E-state index in [0.717, 1.165) is 10.9 Å². The minimum Gasteiger partial charge on any atom is -0.344 e. The van der Waals surface area contributed by atoms with Crippen molar-refractivity contribution in [3.8, 4) is 0 Å². The molecule has 0 saturated heterocycles. The summed E-state index contributed by atoms with van der Waals surface area (Å²) < 4.78 is 1.53. The molecule has 0 amide bonds. The molecule has 0 bridgehead atoms. The largest absolute Gasteiger partial charge is 0.344 e. The van der Waals surface area contributed by atoms with Crippen LogP contribution in [-0.4, -0.2) is 4.57 Å². The smallest absolute Gasteiger partial charge is 0.159 e. The number of hydrogen-bond acceptors (Lipinski definition) is 1. The Morgan fingerprint density at radius 1 is 1.36 bits per heavy atom. The molecule has 1 heterocycles. The second-order valence-corrected chi connectivity index (χ2v) is 3.20. The molecule has 69 valence electrons. The van der Waals surface area contributed by atoms with Gasteiger partial charge in [0, 0.05) is 39.8 Å². The first-order valence-electron chi connectivity index (χ1n) is 3.86. The van der Waals surface area contributed by atoms with Crippen molar-refractivity contribution in [3.05, 3.63) is 45.7 Å². The van der Waals surface area contributed by atoms with E-state index in [4.69, 9.17) is 11.6 Å². The van der Waals surface area contributed by atoms with Gasteiger partial charge in [0.25, 0.3) is 0 Å². The van der Waals surface area contributed by atoms with Crippen LogP contribution in [-0.2, 0) is 39.8 Å². The van der Waals surface area contributed by atoms with Crippen molar-refractivity contribution in [1.82, 2.24) is 4.57 Å². The third-order valence-corrected chi connectivity index (χ3v) is 2.32. The normalized spacial score (nSPS) is 9.86. The van der Waals surface area contributed by atoms with E-state index >= 15 is 0 Å². The van der Waals surface area contributed by atoms with Gasteiger partial charge in [-0.2, -0.15) is 6.07 Å². The van der Waals surface area contributed by atoms with E-state index in [0.29, 0.717) is 5.02 Å². The van der Waals surface area contributed by atoms with Crippen LogP contribution in [0.5, 0.6) is 0 Å². The molecule has 0 saturated carbocycles. The molecular weight excluding hydrogens is 274 g/mol. The van der Waals surface area contributed by atoms with Crippen LogP contribution in [0.25, 0.3) is 10.9 Å². The number of benzene rings is 1. The monoisotopic (exact) mass is 281 g/mol. The molecule has 0 fully saturated rings. The van der Waals surface area contributed by atoms with Crippen molar-refractivity contribution < 1.29 is 32.7 Å². The Bertz CT molecular complexity index is 521. The van der Waals surface area contributed by atoms with Crippen LogP contribution in [0.3, 0.4) is 0 Å². The zero-order chi connectivity index (χ0) is 9.42. The molecule has 0 N–H and O–H groups in total. The molecule has 0 aliphatic heterocycles. The maximum absolute atomic E-state index is 11.3. The summed E-state index contributed by atoms with van der Waals surface area (Å²) in [6, 6.07) is 10.0. The minimum atomic E-state index is -0.205. The van der Waals surface area contributed by atoms with Gasteiger partial charge in [0.05, 0.1) is 0 Å². The van der Waals surface area contributed by atoms with E-state index in [1.165, 1.54) is 4.57 Å². The van der Waals surface area contributed by atoms with Crippen LogP contribution in [0.15, 0.2) is 29.1 Å². The summed E-state index contributed by atoms with van der Waals surface area (Å²) in [6.07, 6.45) is 0. The summed E-state index contributed by atoms with van der Waals surface area (Å²) in [5.74, 6) is 0. The fraction of sp³-hybridized carbons (Fsp3) is 0.100. The van der Waals surface area contributed by atoms with Gasteiger partial charge in [-0.1, -0.05) is 18.2 Å². The number of nitrogens with zero attached hydrogens (tertiary/aromatic N) is 1. The third-order valence-electron chi connectivity index (χ3n) is 2.02. The molecule has 2 nitrogen and oxygen atoms in total. The second-order valence-electron chi connectivity index (χ2n) is 2.82. The zero-order valence-corrected chi connectivity index (χ0v) is 11.2. The van der Waals surface area contributed by atoms with E-state index in [-0.39, 0.29) is 38.3 Å². The summed E-state index contributed by atoms with van der Waals surface area (Å²) in [6.45, 7) is 0. The average molecular weight is 282 g/mol. The molecule has 0 unspecified atom stereocenters. The average Bonchev–Trinajstić information content (AvgIpc) is 2.15. The summed E-state index contributed by atoms with van der Waals surface area (Å²) >= 11 is 5.87. The fourth-order valence-corrected chi connectivity index (χ4v) is 1.55. The van der Waals surface area contributed by atoms with Crippen molar-refractivity contribution in [1.29, 1.82) is 0 Å². The Hall–Kier alpha value is -0.176. The number of fused-ring (bicyclic) bond motifs is 1. The van der Waals surface area contributed by atoms with E-state index in [2.05, 4.69) is 6.07 Å². The standard InChI is InChI=1S/C10H7ClNO.Y/c1-12-9-5-3-2-4-7(9)8(11)6-10(12)13;/h2-5H,1H3;/q-1;. The first kappa shape index (κ1) is 11.9. The topological polar surface area (TPSA) is 22.0 Å². The molecule has 0 aliphatic rings. The van der Waals surface area contributed by atoms with Crippen LogP contribution in [0.2, 0.25) is 5.02 Å². The Labute approximate surface area is 112 Å². The molecule has 1 radical (unpaired) electrons. The Morgan fingerprint density at radius 3 is 2.71 bits per heavy atom. The minimum absolute atomic E-state index is 0. The van der Waals surface area contributed by atoms with Gasteiger partial charge in [-0.3, -0.25) is 4.79 Å². The number of rotatable bonds is 0. The summed E-state index contributed by atoms with van der Waals surface area (Å²) in [7, 11) is 1.71. The molecular formula is C10H7ClNOY-. The number of pyridine rings is 1. The number of halogens is 1. The first-order chi connectivity index (χ1) is 6.20. The van der Waals surface area contributed by atoms with Crippen molar-refractivity contribution in [2.75, 3.05) is 0 Å². The molecule has 1 aromatic heterocycles. The number of aromatic nitrogens is 1. The third kappa shape index (κ3) is 1.93. The van der Waals surface area contributed by atoms with Gasteiger partial charge in [0.1, 0.15) is 0 Å². The van der Waals surface area contributed by atoms with Gasteiger partial charge in [0.2, 0.25) is 0 Å². The Morgan fingerprint density at radius 2 is 2.00 bits per heavy atom. The predicted molar refractivity (Wildman–Crippen MR) is 53.0 cm³/mol. The predicted octanol–water partition coefficient (Wildman–Crippen LogP) is 1.99. The maximum atomic E-state index is 11.3. The molecule has 0 spiro atoms. The second kappa shape index (κ2) is 4.56. The van der Waals surface area contributed by atoms with Crippen LogP contribution in [0, 0.1) is 6.07 Å². The van der Waals surface area contributed by atoms with E-state index in [1.807, 2.05) is 24.3 Å². The van der Waals surface area contributed by atoms with Crippen molar-refractivity contribution in [3.63, 3.8) is 0 Å². The molecule has 2 aromatic rings. The van der Waals surface area contributed by atoms with Gasteiger partial charge in [-0.25, -0.2) is 0 Å². The quantitative estimate of drug-likeness (QED) is 0.677. The van der Waals surface area contributed by atoms with E-state index in [9.17, 15) is 4.79 Å². The zero-order valence-electron chi connectivity index (χ0n) is 7.62. The molecule has 2 rings (SSSR count). The van der Waals surface area contributed by atoms with Crippen molar-refractivity contribution >= 4 is 22.5 Å². The van der Waals surface area contributed by atoms with Crippen molar-refractivity contribution in [2.24, 2.45) is 7.05 Å². The molecule has 4 heteroatoms. The summed E-state index contributed by atoms with van der Waals surface area (Å²) in [5, 5.41) is 1.24. The number of para-hydroxylation sites is 1. The maximum Gasteiger partial charge on any atom is 0.159 e. The SMILES string of the molecule is Cn1c(=O)[c-]c(Cl)c2ccccc21.[Y]. The number of aryl methyl sites for hydroxylation is 1. The summed E-state index contributed by atoms with van der Waals surface area (Å²) in [5.41, 5.74) is 0.625. The van der Waals surface area contributed by atoms with Crippen LogP contribution >= 0.6 is 11.6 Å². The van der Waals surface area contributed by atoms with Gasteiger partial charge in [-0.15, -0.1) is 28.1 Å². The van der Waals surface area contributed by atoms with Gasteiger partial charge in [0.15, 0.2) is 5.56 Å². The van der Waals surface area contributed by atoms with Crippen molar-refractivity contribution in [2.45, 2.75) is 0 Å². The molecule has 14 heavy (non-hydrogen) atoms. The van der Waals surface area contributed by atoms with E-state index in [1.54, 1.807) is 7.05 Å². The van der Waals surface area contributed by atoms with Gasteiger partial charge in [-0.05, 0) is 5.52 Å². The molecule has 0 aliphatic carbocycles. The number of hydrogen-bond donors (Lipinski definition) is 0.